The molecule has 0 saturated carbocycles. The summed E-state index contributed by atoms with van der Waals surface area (Å²) in [5.74, 6) is 0.508. The van der Waals surface area contributed by atoms with Gasteiger partial charge < -0.3 is 10.1 Å². The van der Waals surface area contributed by atoms with Gasteiger partial charge in [0, 0.05) is 16.7 Å². The van der Waals surface area contributed by atoms with E-state index in [-0.39, 0.29) is 6.04 Å². The lowest BCUT2D eigenvalue weighted by atomic mass is 9.93. The Morgan fingerprint density at radius 1 is 1.35 bits per heavy atom. The van der Waals surface area contributed by atoms with Crippen molar-refractivity contribution >= 4 is 21.6 Å². The van der Waals surface area contributed by atoms with Crippen molar-refractivity contribution < 1.29 is 0 Å². The van der Waals surface area contributed by atoms with Gasteiger partial charge in [-0.15, -0.1) is 0 Å². The van der Waals surface area contributed by atoms with Crippen molar-refractivity contribution in [3.05, 3.63) is 34.7 Å². The summed E-state index contributed by atoms with van der Waals surface area (Å²) in [5, 5.41) is 0. The molecule has 0 aliphatic rings. The van der Waals surface area contributed by atoms with Crippen LogP contribution in [0.4, 0.5) is 0 Å². The van der Waals surface area contributed by atoms with Gasteiger partial charge in [-0.25, -0.2) is 4.98 Å². The Morgan fingerprint density at radius 3 is 2.71 bits per heavy atom. The first-order valence-electron chi connectivity index (χ1n) is 6.05. The molecule has 0 aromatic carbocycles. The fraction of sp³-hybridized carbons (Fsp3) is 0.462. The lowest BCUT2D eigenvalue weighted by Crippen LogP contribution is -2.21. The molecule has 0 amide bonds. The number of aromatic nitrogens is 2. The predicted octanol–water partition coefficient (Wildman–Crippen LogP) is 3.53. The highest BCUT2D eigenvalue weighted by Gasteiger charge is 2.19. The van der Waals surface area contributed by atoms with Crippen molar-refractivity contribution in [1.82, 2.24) is 9.38 Å². The number of nitrogens with two attached hydrogens (primary N) is 1. The van der Waals surface area contributed by atoms with E-state index in [0.29, 0.717) is 5.92 Å². The third-order valence-electron chi connectivity index (χ3n) is 3.40. The van der Waals surface area contributed by atoms with Crippen LogP contribution in [-0.4, -0.2) is 9.38 Å². The van der Waals surface area contributed by atoms with E-state index in [0.717, 1.165) is 28.7 Å². The van der Waals surface area contributed by atoms with Gasteiger partial charge in [-0.1, -0.05) is 26.7 Å². The number of nitrogens with zero attached hydrogens (tertiary/aromatic N) is 2. The van der Waals surface area contributed by atoms with Crippen molar-refractivity contribution in [2.75, 3.05) is 0 Å². The first-order chi connectivity index (χ1) is 8.17. The normalized spacial score (nSPS) is 13.5. The number of pyridine rings is 1. The number of imidazole rings is 1. The number of halogens is 1. The zero-order valence-corrected chi connectivity index (χ0v) is 11.8. The second kappa shape index (κ2) is 5.19. The molecule has 0 bridgehead atoms. The van der Waals surface area contributed by atoms with E-state index >= 15 is 0 Å². The van der Waals surface area contributed by atoms with Gasteiger partial charge in [0.05, 0.1) is 11.9 Å². The summed E-state index contributed by atoms with van der Waals surface area (Å²) >= 11 is 3.48. The minimum absolute atomic E-state index is 0.0503. The van der Waals surface area contributed by atoms with Crippen LogP contribution in [0.25, 0.3) is 5.65 Å². The summed E-state index contributed by atoms with van der Waals surface area (Å²) < 4.78 is 3.12. The highest BCUT2D eigenvalue weighted by atomic mass is 79.9. The molecular weight excluding hydrogens is 278 g/mol. The zero-order valence-electron chi connectivity index (χ0n) is 10.2. The summed E-state index contributed by atoms with van der Waals surface area (Å²) in [4.78, 5) is 4.39. The lowest BCUT2D eigenvalue weighted by Gasteiger charge is -2.20. The minimum atomic E-state index is 0.0503. The lowest BCUT2D eigenvalue weighted by molar-refractivity contribution is 0.397. The van der Waals surface area contributed by atoms with Gasteiger partial charge in [0.1, 0.15) is 5.65 Å². The Kier molecular flexibility index (Phi) is 3.84. The largest absolute Gasteiger partial charge is 0.322 e. The van der Waals surface area contributed by atoms with E-state index < -0.39 is 0 Å². The number of rotatable bonds is 4. The van der Waals surface area contributed by atoms with E-state index in [1.165, 1.54) is 0 Å². The van der Waals surface area contributed by atoms with E-state index in [4.69, 9.17) is 5.73 Å². The van der Waals surface area contributed by atoms with Gasteiger partial charge in [0.2, 0.25) is 0 Å². The highest BCUT2D eigenvalue weighted by molar-refractivity contribution is 9.10. The van der Waals surface area contributed by atoms with Gasteiger partial charge in [-0.05, 0) is 34.0 Å². The molecule has 4 heteroatoms. The second-order valence-electron chi connectivity index (χ2n) is 4.36. The van der Waals surface area contributed by atoms with E-state index in [2.05, 4.69) is 39.2 Å². The maximum absolute atomic E-state index is 6.34. The molecule has 1 atom stereocenters. The van der Waals surface area contributed by atoms with Crippen molar-refractivity contribution in [3.8, 4) is 0 Å². The van der Waals surface area contributed by atoms with Crippen molar-refractivity contribution in [2.45, 2.75) is 32.7 Å². The molecule has 0 aliphatic heterocycles. The third kappa shape index (κ3) is 2.38. The summed E-state index contributed by atoms with van der Waals surface area (Å²) in [7, 11) is 0. The van der Waals surface area contributed by atoms with Gasteiger partial charge in [-0.3, -0.25) is 0 Å². The molecule has 0 spiro atoms. The van der Waals surface area contributed by atoms with Crippen LogP contribution in [-0.2, 0) is 0 Å². The number of fused-ring (bicyclic) bond motifs is 1. The predicted molar refractivity (Wildman–Crippen MR) is 73.9 cm³/mol. The van der Waals surface area contributed by atoms with Gasteiger partial charge in [0.15, 0.2) is 0 Å². The standard InChI is InChI=1S/C13H18BrN3/c1-3-9(4-2)13(15)11-7-16-12-6-5-10(14)8-17(11)12/h5-9,13H,3-4,15H2,1-2H3. The first-order valence-corrected chi connectivity index (χ1v) is 6.84. The molecule has 0 radical (unpaired) electrons. The van der Waals surface area contributed by atoms with Gasteiger partial charge in [0.25, 0.3) is 0 Å². The molecule has 2 heterocycles. The molecule has 0 aliphatic carbocycles. The van der Waals surface area contributed by atoms with E-state index in [1.807, 2.05) is 24.5 Å². The second-order valence-corrected chi connectivity index (χ2v) is 5.28. The molecule has 0 fully saturated rings. The molecule has 0 saturated heterocycles. The van der Waals surface area contributed by atoms with Crippen LogP contribution in [0.15, 0.2) is 29.0 Å². The summed E-state index contributed by atoms with van der Waals surface area (Å²) in [6, 6.07) is 4.04. The van der Waals surface area contributed by atoms with Crippen molar-refractivity contribution in [2.24, 2.45) is 11.7 Å². The SMILES string of the molecule is CCC(CC)C(N)c1cnc2ccc(Br)cn12. The summed E-state index contributed by atoms with van der Waals surface area (Å²) in [6.07, 6.45) is 6.11. The van der Waals surface area contributed by atoms with Gasteiger partial charge in [-0.2, -0.15) is 0 Å². The molecule has 2 aromatic rings. The van der Waals surface area contributed by atoms with Crippen LogP contribution in [0.1, 0.15) is 38.4 Å². The Morgan fingerprint density at radius 2 is 2.06 bits per heavy atom. The van der Waals surface area contributed by atoms with Crippen LogP contribution in [0.5, 0.6) is 0 Å². The Bertz CT molecular complexity index is 502. The molecule has 2 rings (SSSR count). The highest BCUT2D eigenvalue weighted by Crippen LogP contribution is 2.26. The van der Waals surface area contributed by atoms with Crippen LogP contribution in [0.3, 0.4) is 0 Å². The Hall–Kier alpha value is -0.870. The monoisotopic (exact) mass is 295 g/mol. The molecule has 92 valence electrons. The molecule has 2 N–H and O–H groups in total. The smallest absolute Gasteiger partial charge is 0.137 e. The minimum Gasteiger partial charge on any atom is -0.322 e. The Balaban J connectivity index is 2.44. The van der Waals surface area contributed by atoms with Crippen LogP contribution >= 0.6 is 15.9 Å². The summed E-state index contributed by atoms with van der Waals surface area (Å²) in [5.41, 5.74) is 8.39. The maximum atomic E-state index is 6.34. The first kappa shape index (κ1) is 12.6. The number of hydrogen-bond donors (Lipinski definition) is 1. The number of hydrogen-bond acceptors (Lipinski definition) is 2. The fourth-order valence-corrected chi connectivity index (χ4v) is 2.60. The fourth-order valence-electron chi connectivity index (χ4n) is 2.26. The molecular formula is C13H18BrN3. The van der Waals surface area contributed by atoms with Crippen molar-refractivity contribution in [3.63, 3.8) is 0 Å². The average molecular weight is 296 g/mol. The zero-order chi connectivity index (χ0) is 12.4. The van der Waals surface area contributed by atoms with Crippen LogP contribution in [0, 0.1) is 5.92 Å². The quantitative estimate of drug-likeness (QED) is 0.938. The topological polar surface area (TPSA) is 43.3 Å². The molecule has 1 unspecified atom stereocenters. The van der Waals surface area contributed by atoms with Crippen LogP contribution < -0.4 is 5.73 Å². The Labute approximate surface area is 110 Å². The summed E-state index contributed by atoms with van der Waals surface area (Å²) in [6.45, 7) is 4.38. The van der Waals surface area contributed by atoms with E-state index in [9.17, 15) is 0 Å². The van der Waals surface area contributed by atoms with Crippen molar-refractivity contribution in [1.29, 1.82) is 0 Å². The molecule has 3 nitrogen and oxygen atoms in total. The third-order valence-corrected chi connectivity index (χ3v) is 3.87. The maximum Gasteiger partial charge on any atom is 0.137 e. The molecule has 17 heavy (non-hydrogen) atoms. The van der Waals surface area contributed by atoms with E-state index in [1.54, 1.807) is 0 Å². The molecule has 2 aromatic heterocycles. The van der Waals surface area contributed by atoms with Gasteiger partial charge >= 0.3 is 0 Å². The van der Waals surface area contributed by atoms with Crippen LogP contribution in [0.2, 0.25) is 0 Å². The average Bonchev–Trinajstić information content (AvgIpc) is 2.73.